The molecule has 3 rings (SSSR count). The van der Waals surface area contributed by atoms with Gasteiger partial charge in [0.25, 0.3) is 0 Å². The van der Waals surface area contributed by atoms with Gasteiger partial charge in [0.15, 0.2) is 0 Å². The van der Waals surface area contributed by atoms with E-state index in [0.29, 0.717) is 5.89 Å². The lowest BCUT2D eigenvalue weighted by atomic mass is 10.1. The van der Waals surface area contributed by atoms with Crippen LogP contribution in [0.2, 0.25) is 0 Å². The summed E-state index contributed by atoms with van der Waals surface area (Å²) in [5.74, 6) is 1.47. The number of fused-ring (bicyclic) bond motifs is 1. The molecule has 0 radical (unpaired) electrons. The molecule has 0 amide bonds. The molecule has 2 heterocycles. The summed E-state index contributed by atoms with van der Waals surface area (Å²) in [6.07, 6.45) is 5.25. The highest BCUT2D eigenvalue weighted by molar-refractivity contribution is 6.00. The van der Waals surface area contributed by atoms with Crippen molar-refractivity contribution in [3.63, 3.8) is 0 Å². The van der Waals surface area contributed by atoms with Crippen LogP contribution in [0.15, 0.2) is 41.2 Å². The molecule has 3 aromatic rings. The number of nitrogens with two attached hydrogens (primary N) is 1. The second-order valence-corrected chi connectivity index (χ2v) is 4.80. The smallest absolute Gasteiger partial charge is 0.216 e. The summed E-state index contributed by atoms with van der Waals surface area (Å²) in [5, 5.41) is 5.38. The number of hydrogen-bond acceptors (Lipinski definition) is 5. The van der Waals surface area contributed by atoms with Crippen LogP contribution in [0.4, 0.5) is 11.4 Å². The number of nitrogens with one attached hydrogen (secondary N) is 1. The third kappa shape index (κ3) is 2.18. The maximum absolute atomic E-state index is 5.97. The highest BCUT2D eigenvalue weighted by atomic mass is 16.4. The maximum Gasteiger partial charge on any atom is 0.216 e. The quantitative estimate of drug-likeness (QED) is 0.713. The van der Waals surface area contributed by atoms with E-state index in [0.717, 1.165) is 27.9 Å². The molecule has 0 spiro atoms. The first-order chi connectivity index (χ1) is 9.65. The van der Waals surface area contributed by atoms with Crippen LogP contribution in [0, 0.1) is 6.92 Å². The zero-order valence-electron chi connectivity index (χ0n) is 11.4. The van der Waals surface area contributed by atoms with E-state index in [1.54, 1.807) is 18.6 Å². The number of nitrogens with zero attached hydrogens (tertiary/aromatic N) is 2. The number of benzene rings is 1. The molecule has 0 saturated heterocycles. The van der Waals surface area contributed by atoms with E-state index < -0.39 is 0 Å². The lowest BCUT2D eigenvalue weighted by molar-refractivity contribution is 0.454. The van der Waals surface area contributed by atoms with Crippen molar-refractivity contribution < 1.29 is 4.42 Å². The van der Waals surface area contributed by atoms with Gasteiger partial charge in [-0.15, -0.1) is 0 Å². The Bertz CT molecular complexity index is 750. The van der Waals surface area contributed by atoms with Crippen LogP contribution in [-0.2, 0) is 0 Å². The van der Waals surface area contributed by atoms with Crippen LogP contribution in [0.1, 0.15) is 24.6 Å². The lowest BCUT2D eigenvalue weighted by Gasteiger charge is -2.15. The molecule has 0 bridgehead atoms. The Morgan fingerprint density at radius 1 is 1.20 bits per heavy atom. The van der Waals surface area contributed by atoms with Crippen LogP contribution in [0.3, 0.4) is 0 Å². The van der Waals surface area contributed by atoms with E-state index >= 15 is 0 Å². The van der Waals surface area contributed by atoms with Crippen molar-refractivity contribution in [1.29, 1.82) is 0 Å². The summed E-state index contributed by atoms with van der Waals surface area (Å²) in [7, 11) is 0. The van der Waals surface area contributed by atoms with Crippen molar-refractivity contribution in [3.8, 4) is 0 Å². The van der Waals surface area contributed by atoms with Crippen LogP contribution in [0.5, 0.6) is 0 Å². The average molecular weight is 268 g/mol. The standard InChI is InChI=1S/C15H16N4O/c1-9-7-18-15(20-9)10(2)19-14-4-3-13(16)12-8-17-6-5-11(12)14/h3-8,10,19H,16H2,1-2H3. The summed E-state index contributed by atoms with van der Waals surface area (Å²) >= 11 is 0. The minimum Gasteiger partial charge on any atom is -0.444 e. The van der Waals surface area contributed by atoms with E-state index in [1.165, 1.54) is 0 Å². The van der Waals surface area contributed by atoms with E-state index in [9.17, 15) is 0 Å². The zero-order valence-corrected chi connectivity index (χ0v) is 11.4. The molecule has 102 valence electrons. The van der Waals surface area contributed by atoms with Crippen LogP contribution in [-0.4, -0.2) is 9.97 Å². The Morgan fingerprint density at radius 2 is 2.05 bits per heavy atom. The molecule has 3 N–H and O–H groups in total. The Labute approximate surface area is 116 Å². The maximum atomic E-state index is 5.97. The van der Waals surface area contributed by atoms with Gasteiger partial charge in [0.2, 0.25) is 5.89 Å². The van der Waals surface area contributed by atoms with Gasteiger partial charge < -0.3 is 15.5 Å². The predicted octanol–water partition coefficient (Wildman–Crippen LogP) is 3.29. The molecule has 1 atom stereocenters. The first kappa shape index (κ1) is 12.5. The van der Waals surface area contributed by atoms with Crippen molar-refractivity contribution >= 4 is 22.1 Å². The molecule has 2 aromatic heterocycles. The number of rotatable bonds is 3. The highest BCUT2D eigenvalue weighted by Crippen LogP contribution is 2.29. The number of aromatic nitrogens is 2. The van der Waals surface area contributed by atoms with E-state index in [2.05, 4.69) is 15.3 Å². The average Bonchev–Trinajstić information content (AvgIpc) is 2.89. The first-order valence-corrected chi connectivity index (χ1v) is 6.46. The second-order valence-electron chi connectivity index (χ2n) is 4.80. The highest BCUT2D eigenvalue weighted by Gasteiger charge is 2.13. The lowest BCUT2D eigenvalue weighted by Crippen LogP contribution is -2.07. The fourth-order valence-corrected chi connectivity index (χ4v) is 2.21. The third-order valence-corrected chi connectivity index (χ3v) is 3.23. The molecule has 0 saturated carbocycles. The van der Waals surface area contributed by atoms with Gasteiger partial charge in [-0.3, -0.25) is 4.98 Å². The molecule has 1 aromatic carbocycles. The third-order valence-electron chi connectivity index (χ3n) is 3.23. The fourth-order valence-electron chi connectivity index (χ4n) is 2.21. The summed E-state index contributed by atoms with van der Waals surface area (Å²) < 4.78 is 5.54. The Hall–Kier alpha value is -2.56. The minimum absolute atomic E-state index is 0.0244. The van der Waals surface area contributed by atoms with E-state index in [-0.39, 0.29) is 6.04 Å². The number of nitrogen functional groups attached to an aromatic ring is 1. The number of oxazole rings is 1. The molecule has 0 aliphatic carbocycles. The largest absolute Gasteiger partial charge is 0.444 e. The van der Waals surface area contributed by atoms with Gasteiger partial charge >= 0.3 is 0 Å². The number of hydrogen-bond donors (Lipinski definition) is 2. The fraction of sp³-hybridized carbons (Fsp3) is 0.200. The van der Waals surface area contributed by atoms with Crippen molar-refractivity contribution in [2.75, 3.05) is 11.1 Å². The predicted molar refractivity (Wildman–Crippen MR) is 79.4 cm³/mol. The van der Waals surface area contributed by atoms with Gasteiger partial charge in [-0.2, -0.15) is 0 Å². The summed E-state index contributed by atoms with van der Waals surface area (Å²) in [4.78, 5) is 8.36. The first-order valence-electron chi connectivity index (χ1n) is 6.46. The van der Waals surface area contributed by atoms with E-state index in [4.69, 9.17) is 10.2 Å². The van der Waals surface area contributed by atoms with Gasteiger partial charge in [0.1, 0.15) is 11.8 Å². The van der Waals surface area contributed by atoms with Gasteiger partial charge in [0, 0.05) is 34.5 Å². The van der Waals surface area contributed by atoms with Gasteiger partial charge in [-0.25, -0.2) is 4.98 Å². The Morgan fingerprint density at radius 3 is 2.80 bits per heavy atom. The van der Waals surface area contributed by atoms with Crippen molar-refractivity contribution in [2.45, 2.75) is 19.9 Å². The molecule has 20 heavy (non-hydrogen) atoms. The van der Waals surface area contributed by atoms with E-state index in [1.807, 2.05) is 32.0 Å². The minimum atomic E-state index is -0.0244. The van der Waals surface area contributed by atoms with Crippen LogP contribution >= 0.6 is 0 Å². The summed E-state index contributed by atoms with van der Waals surface area (Å²) in [6.45, 7) is 3.89. The molecular formula is C15H16N4O. The molecule has 0 aliphatic rings. The molecule has 1 unspecified atom stereocenters. The van der Waals surface area contributed by atoms with Crippen LogP contribution in [0.25, 0.3) is 10.8 Å². The number of anilines is 2. The topological polar surface area (TPSA) is 77.0 Å². The van der Waals surface area contributed by atoms with Gasteiger partial charge in [-0.1, -0.05) is 0 Å². The molecule has 0 fully saturated rings. The van der Waals surface area contributed by atoms with Crippen molar-refractivity contribution in [1.82, 2.24) is 9.97 Å². The summed E-state index contributed by atoms with van der Waals surface area (Å²) in [6, 6.07) is 5.76. The monoisotopic (exact) mass is 268 g/mol. The summed E-state index contributed by atoms with van der Waals surface area (Å²) in [5.41, 5.74) is 7.68. The number of aryl methyl sites for hydroxylation is 1. The normalized spacial score (nSPS) is 12.5. The SMILES string of the molecule is Cc1cnc(C(C)Nc2ccc(N)c3cnccc23)o1. The molecule has 5 heteroatoms. The number of pyridine rings is 1. The Balaban J connectivity index is 1.97. The molecule has 0 aliphatic heterocycles. The zero-order chi connectivity index (χ0) is 14.1. The molecular weight excluding hydrogens is 252 g/mol. The van der Waals surface area contributed by atoms with Crippen molar-refractivity contribution in [2.24, 2.45) is 0 Å². The van der Waals surface area contributed by atoms with Crippen LogP contribution < -0.4 is 11.1 Å². The van der Waals surface area contributed by atoms with Crippen molar-refractivity contribution in [3.05, 3.63) is 48.4 Å². The second kappa shape index (κ2) is 4.85. The van der Waals surface area contributed by atoms with Gasteiger partial charge in [0.05, 0.1) is 6.20 Å². The molecule has 5 nitrogen and oxygen atoms in total. The van der Waals surface area contributed by atoms with Gasteiger partial charge in [-0.05, 0) is 32.0 Å². The Kier molecular flexibility index (Phi) is 3.02.